The smallest absolute Gasteiger partial charge is 0.255 e. The first kappa shape index (κ1) is 10.6. The Morgan fingerprint density at radius 1 is 1.57 bits per heavy atom. The number of halogens is 1. The molecule has 0 spiro atoms. The highest BCUT2D eigenvalue weighted by Gasteiger charge is 2.13. The number of carbonyl (C=O) groups is 1. The van der Waals surface area contributed by atoms with Gasteiger partial charge in [-0.2, -0.15) is 5.26 Å². The second kappa shape index (κ2) is 4.64. The van der Waals surface area contributed by atoms with Gasteiger partial charge in [0.15, 0.2) is 0 Å². The minimum absolute atomic E-state index is 0.0596. The number of nitriles is 1. The second-order valence-electron chi connectivity index (χ2n) is 2.80. The third-order valence-electron chi connectivity index (χ3n) is 1.76. The quantitative estimate of drug-likeness (QED) is 0.698. The molecule has 4 heteroatoms. The average Bonchev–Trinajstić information content (AvgIpc) is 2.18. The Labute approximate surface area is 87.5 Å². The summed E-state index contributed by atoms with van der Waals surface area (Å²) in [6.07, 6.45) is 0. The van der Waals surface area contributed by atoms with Crippen molar-refractivity contribution >= 4 is 17.5 Å². The molecule has 0 aliphatic carbocycles. The van der Waals surface area contributed by atoms with Crippen LogP contribution in [0.5, 0.6) is 0 Å². The first-order chi connectivity index (χ1) is 6.66. The molecule has 0 aliphatic heterocycles. The number of hydrogen-bond acceptors (Lipinski definition) is 2. The van der Waals surface area contributed by atoms with Crippen molar-refractivity contribution in [3.05, 3.63) is 34.9 Å². The van der Waals surface area contributed by atoms with Crippen LogP contribution in [-0.4, -0.2) is 24.4 Å². The van der Waals surface area contributed by atoms with Crippen LogP contribution in [0.3, 0.4) is 0 Å². The van der Waals surface area contributed by atoms with E-state index >= 15 is 0 Å². The van der Waals surface area contributed by atoms with Gasteiger partial charge in [-0.1, -0.05) is 23.7 Å². The number of benzene rings is 1. The normalized spacial score (nSPS) is 9.21. The number of amides is 1. The topological polar surface area (TPSA) is 44.1 Å². The summed E-state index contributed by atoms with van der Waals surface area (Å²) in [5, 5.41) is 8.83. The molecule has 0 aliphatic rings. The molecule has 0 heterocycles. The van der Waals surface area contributed by atoms with E-state index in [0.29, 0.717) is 10.6 Å². The molecule has 1 rings (SSSR count). The van der Waals surface area contributed by atoms with Gasteiger partial charge in [0.2, 0.25) is 0 Å². The van der Waals surface area contributed by atoms with E-state index in [-0.39, 0.29) is 12.5 Å². The molecule has 1 aromatic carbocycles. The number of hydrogen-bond donors (Lipinski definition) is 0. The van der Waals surface area contributed by atoms with Crippen LogP contribution in [0.25, 0.3) is 0 Å². The van der Waals surface area contributed by atoms with Crippen LogP contribution in [0, 0.1) is 11.3 Å². The second-order valence-corrected chi connectivity index (χ2v) is 3.21. The third-order valence-corrected chi connectivity index (χ3v) is 2.09. The van der Waals surface area contributed by atoms with E-state index < -0.39 is 0 Å². The van der Waals surface area contributed by atoms with Crippen molar-refractivity contribution in [2.45, 2.75) is 0 Å². The lowest BCUT2D eigenvalue weighted by Crippen LogP contribution is -2.27. The highest BCUT2D eigenvalue weighted by atomic mass is 35.5. The average molecular weight is 209 g/mol. The van der Waals surface area contributed by atoms with Crippen molar-refractivity contribution in [1.29, 1.82) is 5.26 Å². The van der Waals surface area contributed by atoms with Gasteiger partial charge in [0.1, 0.15) is 6.54 Å². The standard InChI is InChI=1S/C10H9ClN2O/c1-13(7-6-12)10(14)8-4-2-3-5-9(8)11/h2-5H,7H2,1H3. The van der Waals surface area contributed by atoms with Crippen molar-refractivity contribution < 1.29 is 4.79 Å². The van der Waals surface area contributed by atoms with Gasteiger partial charge in [0.25, 0.3) is 5.91 Å². The van der Waals surface area contributed by atoms with Crippen LogP contribution in [0.2, 0.25) is 5.02 Å². The molecule has 0 saturated heterocycles. The maximum absolute atomic E-state index is 11.6. The predicted octanol–water partition coefficient (Wildman–Crippen LogP) is 1.94. The van der Waals surface area contributed by atoms with Gasteiger partial charge in [-0.05, 0) is 12.1 Å². The maximum atomic E-state index is 11.6. The van der Waals surface area contributed by atoms with E-state index in [1.54, 1.807) is 31.3 Å². The van der Waals surface area contributed by atoms with Crippen molar-refractivity contribution in [2.75, 3.05) is 13.6 Å². The lowest BCUT2D eigenvalue weighted by molar-refractivity contribution is 0.0812. The van der Waals surface area contributed by atoms with E-state index in [1.807, 2.05) is 6.07 Å². The predicted molar refractivity (Wildman–Crippen MR) is 54.0 cm³/mol. The molecular weight excluding hydrogens is 200 g/mol. The summed E-state index contributed by atoms with van der Waals surface area (Å²) in [6.45, 7) is 0.0596. The van der Waals surface area contributed by atoms with Crippen LogP contribution in [0.15, 0.2) is 24.3 Å². The molecule has 0 bridgehead atoms. The first-order valence-corrected chi connectivity index (χ1v) is 4.41. The summed E-state index contributed by atoms with van der Waals surface area (Å²) in [7, 11) is 1.56. The Morgan fingerprint density at radius 2 is 2.21 bits per heavy atom. The molecular formula is C10H9ClN2O. The summed E-state index contributed by atoms with van der Waals surface area (Å²) in [4.78, 5) is 13.0. The van der Waals surface area contributed by atoms with E-state index in [9.17, 15) is 4.79 Å². The summed E-state index contributed by atoms with van der Waals surface area (Å²) >= 11 is 5.83. The van der Waals surface area contributed by atoms with Gasteiger partial charge in [-0.3, -0.25) is 4.79 Å². The Hall–Kier alpha value is -1.53. The Kier molecular flexibility index (Phi) is 3.49. The Bertz CT molecular complexity index is 384. The Morgan fingerprint density at radius 3 is 2.79 bits per heavy atom. The van der Waals surface area contributed by atoms with Crippen LogP contribution >= 0.6 is 11.6 Å². The molecule has 72 valence electrons. The molecule has 1 amide bonds. The molecule has 0 N–H and O–H groups in total. The van der Waals surface area contributed by atoms with E-state index in [4.69, 9.17) is 16.9 Å². The molecule has 0 atom stereocenters. The van der Waals surface area contributed by atoms with Gasteiger partial charge in [0, 0.05) is 7.05 Å². The fourth-order valence-corrected chi connectivity index (χ4v) is 1.23. The van der Waals surface area contributed by atoms with Gasteiger partial charge in [0.05, 0.1) is 16.7 Å². The molecule has 0 fully saturated rings. The fraction of sp³-hybridized carbons (Fsp3) is 0.200. The highest BCUT2D eigenvalue weighted by molar-refractivity contribution is 6.33. The molecule has 0 aromatic heterocycles. The van der Waals surface area contributed by atoms with E-state index in [0.717, 1.165) is 0 Å². The van der Waals surface area contributed by atoms with Crippen LogP contribution in [-0.2, 0) is 0 Å². The molecule has 0 radical (unpaired) electrons. The number of rotatable bonds is 2. The largest absolute Gasteiger partial charge is 0.328 e. The van der Waals surface area contributed by atoms with Gasteiger partial charge >= 0.3 is 0 Å². The maximum Gasteiger partial charge on any atom is 0.255 e. The lowest BCUT2D eigenvalue weighted by Gasteiger charge is -2.13. The van der Waals surface area contributed by atoms with Crippen molar-refractivity contribution in [2.24, 2.45) is 0 Å². The number of carbonyl (C=O) groups excluding carboxylic acids is 1. The zero-order valence-corrected chi connectivity index (χ0v) is 8.45. The zero-order valence-electron chi connectivity index (χ0n) is 7.70. The zero-order chi connectivity index (χ0) is 10.6. The lowest BCUT2D eigenvalue weighted by atomic mass is 10.2. The summed E-state index contributed by atoms with van der Waals surface area (Å²) in [6, 6.07) is 8.67. The van der Waals surface area contributed by atoms with Gasteiger partial charge < -0.3 is 4.90 Å². The number of nitrogens with zero attached hydrogens (tertiary/aromatic N) is 2. The molecule has 14 heavy (non-hydrogen) atoms. The Balaban J connectivity index is 2.91. The fourth-order valence-electron chi connectivity index (χ4n) is 1.02. The third kappa shape index (κ3) is 2.24. The summed E-state index contributed by atoms with van der Waals surface area (Å²) < 4.78 is 0. The van der Waals surface area contributed by atoms with E-state index in [1.165, 1.54) is 4.90 Å². The SMILES string of the molecule is CN(CC#N)C(=O)c1ccccc1Cl. The summed E-state index contributed by atoms with van der Waals surface area (Å²) in [5.74, 6) is -0.239. The van der Waals surface area contributed by atoms with Crippen LogP contribution in [0.1, 0.15) is 10.4 Å². The van der Waals surface area contributed by atoms with Crippen molar-refractivity contribution in [3.8, 4) is 6.07 Å². The van der Waals surface area contributed by atoms with Crippen molar-refractivity contribution in [1.82, 2.24) is 4.90 Å². The molecule has 3 nitrogen and oxygen atoms in total. The molecule has 0 unspecified atom stereocenters. The molecule has 1 aromatic rings. The monoisotopic (exact) mass is 208 g/mol. The highest BCUT2D eigenvalue weighted by Crippen LogP contribution is 2.16. The van der Waals surface area contributed by atoms with Crippen LogP contribution < -0.4 is 0 Å². The van der Waals surface area contributed by atoms with Crippen molar-refractivity contribution in [3.63, 3.8) is 0 Å². The molecule has 0 saturated carbocycles. The van der Waals surface area contributed by atoms with E-state index in [2.05, 4.69) is 0 Å². The summed E-state index contributed by atoms with van der Waals surface area (Å²) in [5.41, 5.74) is 0.423. The van der Waals surface area contributed by atoms with Gasteiger partial charge in [-0.15, -0.1) is 0 Å². The minimum atomic E-state index is -0.239. The van der Waals surface area contributed by atoms with Gasteiger partial charge in [-0.25, -0.2) is 0 Å². The minimum Gasteiger partial charge on any atom is -0.328 e. The van der Waals surface area contributed by atoms with Crippen LogP contribution in [0.4, 0.5) is 0 Å². The first-order valence-electron chi connectivity index (χ1n) is 4.03.